The van der Waals surface area contributed by atoms with Gasteiger partial charge in [0.2, 0.25) is 10.0 Å². The molecular formula is C14H15Cl2NO2S. The third-order valence-corrected chi connectivity index (χ3v) is 6.87. The molecule has 6 heteroatoms. The molecule has 1 saturated heterocycles. The van der Waals surface area contributed by atoms with Crippen LogP contribution in [0, 0.1) is 6.92 Å². The number of nitrogens with zero attached hydrogens (tertiary/aromatic N) is 1. The molecule has 0 aromatic heterocycles. The van der Waals surface area contributed by atoms with Crippen molar-refractivity contribution in [2.75, 3.05) is 0 Å². The van der Waals surface area contributed by atoms with Gasteiger partial charge in [-0.2, -0.15) is 4.31 Å². The molecule has 0 aliphatic carbocycles. The van der Waals surface area contributed by atoms with Crippen molar-refractivity contribution in [3.8, 4) is 0 Å². The number of rotatable bonds is 2. The zero-order valence-electron chi connectivity index (χ0n) is 11.0. The van der Waals surface area contributed by atoms with Crippen LogP contribution >= 0.6 is 23.2 Å². The Kier molecular flexibility index (Phi) is 3.61. The highest BCUT2D eigenvalue weighted by Gasteiger charge is 2.43. The minimum Gasteiger partial charge on any atom is -0.207 e. The van der Waals surface area contributed by atoms with E-state index in [0.717, 1.165) is 24.8 Å². The minimum atomic E-state index is -3.58. The van der Waals surface area contributed by atoms with Crippen LogP contribution in [-0.2, 0) is 10.0 Å². The minimum absolute atomic E-state index is 0.0363. The second-order valence-corrected chi connectivity index (χ2v) is 7.96. The Balaban J connectivity index is 2.09. The first-order valence-electron chi connectivity index (χ1n) is 6.57. The maximum Gasteiger partial charge on any atom is 0.245 e. The number of aryl methyl sites for hydroxylation is 1. The van der Waals surface area contributed by atoms with E-state index in [1.807, 2.05) is 6.08 Å². The Morgan fingerprint density at radius 1 is 1.20 bits per heavy atom. The molecule has 1 aromatic carbocycles. The molecular weight excluding hydrogens is 317 g/mol. The molecule has 2 aliphatic heterocycles. The van der Waals surface area contributed by atoms with E-state index in [-0.39, 0.29) is 22.0 Å². The van der Waals surface area contributed by atoms with E-state index in [0.29, 0.717) is 5.02 Å². The van der Waals surface area contributed by atoms with Gasteiger partial charge in [-0.25, -0.2) is 8.42 Å². The third-order valence-electron chi connectivity index (χ3n) is 4.02. The molecule has 2 bridgehead atoms. The lowest BCUT2D eigenvalue weighted by Gasteiger charge is -2.30. The zero-order chi connectivity index (χ0) is 14.5. The van der Waals surface area contributed by atoms with Crippen LogP contribution in [0.15, 0.2) is 29.2 Å². The highest BCUT2D eigenvalue weighted by Crippen LogP contribution is 2.39. The van der Waals surface area contributed by atoms with E-state index >= 15 is 0 Å². The molecule has 0 radical (unpaired) electrons. The van der Waals surface area contributed by atoms with Crippen molar-refractivity contribution in [3.05, 3.63) is 39.9 Å². The molecule has 3 nitrogen and oxygen atoms in total. The van der Waals surface area contributed by atoms with Gasteiger partial charge in [-0.3, -0.25) is 0 Å². The average Bonchev–Trinajstić information content (AvgIpc) is 2.65. The second-order valence-electron chi connectivity index (χ2n) is 5.33. The summed E-state index contributed by atoms with van der Waals surface area (Å²) in [5.74, 6) is 0. The Bertz CT molecular complexity index is 685. The van der Waals surface area contributed by atoms with Crippen LogP contribution in [0.5, 0.6) is 0 Å². The van der Waals surface area contributed by atoms with Crippen molar-refractivity contribution in [1.29, 1.82) is 0 Å². The Labute approximate surface area is 129 Å². The summed E-state index contributed by atoms with van der Waals surface area (Å²) in [7, 11) is -3.58. The third kappa shape index (κ3) is 2.19. The van der Waals surface area contributed by atoms with E-state index in [1.54, 1.807) is 17.3 Å². The van der Waals surface area contributed by atoms with Crippen molar-refractivity contribution in [3.63, 3.8) is 0 Å². The first kappa shape index (κ1) is 14.4. The molecule has 2 atom stereocenters. The fourth-order valence-corrected chi connectivity index (χ4v) is 5.65. The standard InChI is InChI=1S/C14H15Cl2NO2S/c1-9-7-14(13(16)8-12(9)15)20(18,19)17-10-3-2-4-11(17)6-5-10/h2-3,7-8,10-11H,4-6H2,1H3. The van der Waals surface area contributed by atoms with Gasteiger partial charge >= 0.3 is 0 Å². The number of hydrogen-bond acceptors (Lipinski definition) is 2. The van der Waals surface area contributed by atoms with Crippen LogP contribution in [0.1, 0.15) is 24.8 Å². The molecule has 0 N–H and O–H groups in total. The highest BCUT2D eigenvalue weighted by molar-refractivity contribution is 7.89. The molecule has 2 unspecified atom stereocenters. The van der Waals surface area contributed by atoms with E-state index in [2.05, 4.69) is 6.08 Å². The van der Waals surface area contributed by atoms with E-state index in [4.69, 9.17) is 23.2 Å². The lowest BCUT2D eigenvalue weighted by atomic mass is 10.2. The molecule has 0 spiro atoms. The summed E-state index contributed by atoms with van der Waals surface area (Å²) >= 11 is 12.1. The number of halogens is 2. The van der Waals surface area contributed by atoms with Crippen molar-refractivity contribution >= 4 is 33.2 Å². The van der Waals surface area contributed by atoms with Crippen molar-refractivity contribution in [2.24, 2.45) is 0 Å². The summed E-state index contributed by atoms with van der Waals surface area (Å²) in [6.07, 6.45) is 6.62. The lowest BCUT2D eigenvalue weighted by Crippen LogP contribution is -2.42. The van der Waals surface area contributed by atoms with Crippen molar-refractivity contribution in [2.45, 2.75) is 43.2 Å². The molecule has 0 amide bonds. The van der Waals surface area contributed by atoms with Crippen LogP contribution in [-0.4, -0.2) is 24.8 Å². The predicted octanol–water partition coefficient (Wildman–Crippen LogP) is 3.78. The summed E-state index contributed by atoms with van der Waals surface area (Å²) in [6.45, 7) is 1.78. The smallest absolute Gasteiger partial charge is 0.207 e. The van der Waals surface area contributed by atoms with Crippen LogP contribution in [0.2, 0.25) is 10.0 Å². The van der Waals surface area contributed by atoms with Gasteiger partial charge in [-0.05, 0) is 43.9 Å². The van der Waals surface area contributed by atoms with Crippen LogP contribution < -0.4 is 0 Å². The summed E-state index contributed by atoms with van der Waals surface area (Å²) in [5.41, 5.74) is 0.717. The first-order valence-corrected chi connectivity index (χ1v) is 8.76. The van der Waals surface area contributed by atoms with E-state index in [1.165, 1.54) is 6.07 Å². The average molecular weight is 332 g/mol. The number of hydrogen-bond donors (Lipinski definition) is 0. The topological polar surface area (TPSA) is 37.4 Å². The number of fused-ring (bicyclic) bond motifs is 2. The number of sulfonamides is 1. The van der Waals surface area contributed by atoms with Gasteiger partial charge in [0.05, 0.1) is 5.02 Å². The predicted molar refractivity (Wildman–Crippen MR) is 80.8 cm³/mol. The van der Waals surface area contributed by atoms with E-state index < -0.39 is 10.0 Å². The van der Waals surface area contributed by atoms with Gasteiger partial charge in [-0.1, -0.05) is 35.4 Å². The number of benzene rings is 1. The molecule has 108 valence electrons. The fourth-order valence-electron chi connectivity index (χ4n) is 3.00. The molecule has 2 aliphatic rings. The SMILES string of the molecule is Cc1cc(S(=O)(=O)N2C3C=CCC2CC3)c(Cl)cc1Cl. The highest BCUT2D eigenvalue weighted by atomic mass is 35.5. The normalized spacial score (nSPS) is 26.1. The van der Waals surface area contributed by atoms with Crippen molar-refractivity contribution in [1.82, 2.24) is 4.31 Å². The van der Waals surface area contributed by atoms with Gasteiger partial charge in [0.1, 0.15) is 4.90 Å². The van der Waals surface area contributed by atoms with Crippen LogP contribution in [0.4, 0.5) is 0 Å². The molecule has 20 heavy (non-hydrogen) atoms. The van der Waals surface area contributed by atoms with Gasteiger partial charge in [0.15, 0.2) is 0 Å². The van der Waals surface area contributed by atoms with E-state index in [9.17, 15) is 8.42 Å². The molecule has 2 heterocycles. The van der Waals surface area contributed by atoms with Gasteiger partial charge in [-0.15, -0.1) is 0 Å². The Morgan fingerprint density at radius 3 is 2.65 bits per heavy atom. The monoisotopic (exact) mass is 331 g/mol. The van der Waals surface area contributed by atoms with Crippen LogP contribution in [0.3, 0.4) is 0 Å². The lowest BCUT2D eigenvalue weighted by molar-refractivity contribution is 0.341. The Morgan fingerprint density at radius 2 is 1.95 bits per heavy atom. The molecule has 0 saturated carbocycles. The maximum atomic E-state index is 12.9. The molecule has 1 fully saturated rings. The summed E-state index contributed by atoms with van der Waals surface area (Å²) in [6, 6.07) is 3.10. The van der Waals surface area contributed by atoms with Gasteiger partial charge < -0.3 is 0 Å². The molecule has 3 rings (SSSR count). The second kappa shape index (κ2) is 5.02. The first-order chi connectivity index (χ1) is 9.41. The van der Waals surface area contributed by atoms with Crippen LogP contribution in [0.25, 0.3) is 0 Å². The van der Waals surface area contributed by atoms with Gasteiger partial charge in [0.25, 0.3) is 0 Å². The quantitative estimate of drug-likeness (QED) is 0.773. The zero-order valence-corrected chi connectivity index (χ0v) is 13.3. The summed E-state index contributed by atoms with van der Waals surface area (Å²) in [5, 5.41) is 0.671. The van der Waals surface area contributed by atoms with Gasteiger partial charge in [0, 0.05) is 17.1 Å². The maximum absolute atomic E-state index is 12.9. The fraction of sp³-hybridized carbons (Fsp3) is 0.429. The largest absolute Gasteiger partial charge is 0.245 e. The summed E-state index contributed by atoms with van der Waals surface area (Å²) < 4.78 is 27.4. The molecule has 1 aromatic rings. The summed E-state index contributed by atoms with van der Waals surface area (Å²) in [4.78, 5) is 0.160. The van der Waals surface area contributed by atoms with Crippen molar-refractivity contribution < 1.29 is 8.42 Å². The Hall–Kier alpha value is -0.550.